The van der Waals surface area contributed by atoms with Gasteiger partial charge in [-0.05, 0) is 5.56 Å². The fourth-order valence-corrected chi connectivity index (χ4v) is 2.74. The summed E-state index contributed by atoms with van der Waals surface area (Å²) in [5.74, 6) is -5.96. The van der Waals surface area contributed by atoms with Crippen molar-refractivity contribution >= 4 is 11.9 Å². The maximum Gasteiger partial charge on any atom is 0.394 e. The first-order valence-corrected chi connectivity index (χ1v) is 6.91. The van der Waals surface area contributed by atoms with Crippen molar-refractivity contribution in [2.24, 2.45) is 11.8 Å². The number of aliphatic carboxylic acids is 1. The van der Waals surface area contributed by atoms with Crippen LogP contribution in [-0.4, -0.2) is 48.3 Å². The highest BCUT2D eigenvalue weighted by molar-refractivity contribution is 5.84. The molecule has 3 atom stereocenters. The van der Waals surface area contributed by atoms with Gasteiger partial charge < -0.3 is 14.7 Å². The van der Waals surface area contributed by atoms with Crippen LogP contribution in [0.25, 0.3) is 0 Å². The van der Waals surface area contributed by atoms with Gasteiger partial charge in [0, 0.05) is 20.2 Å². The monoisotopic (exact) mass is 331 g/mol. The molecule has 5 nitrogen and oxygen atoms in total. The number of methoxy groups -OCH3 is 1. The molecular formula is C15H16F3NO4. The van der Waals surface area contributed by atoms with E-state index >= 15 is 0 Å². The molecule has 0 radical (unpaired) electrons. The van der Waals surface area contributed by atoms with Gasteiger partial charge in [-0.25, -0.2) is 0 Å². The second-order valence-electron chi connectivity index (χ2n) is 5.36. The first kappa shape index (κ1) is 17.3. The van der Waals surface area contributed by atoms with E-state index in [-0.39, 0.29) is 0 Å². The van der Waals surface area contributed by atoms with Crippen molar-refractivity contribution in [1.29, 1.82) is 0 Å². The molecular weight excluding hydrogens is 315 g/mol. The van der Waals surface area contributed by atoms with Crippen molar-refractivity contribution in [2.75, 3.05) is 20.2 Å². The maximum atomic E-state index is 13.0. The van der Waals surface area contributed by atoms with Crippen molar-refractivity contribution in [3.8, 4) is 0 Å². The number of halogens is 3. The third-order valence-corrected chi connectivity index (χ3v) is 3.93. The highest BCUT2D eigenvalue weighted by Gasteiger charge is 2.54. The Balaban J connectivity index is 2.21. The summed E-state index contributed by atoms with van der Waals surface area (Å²) < 4.78 is 44.1. The van der Waals surface area contributed by atoms with Crippen LogP contribution in [0.4, 0.5) is 13.2 Å². The molecule has 8 heteroatoms. The van der Waals surface area contributed by atoms with E-state index in [1.807, 2.05) is 0 Å². The molecule has 0 unspecified atom stereocenters. The first-order chi connectivity index (χ1) is 10.8. The summed E-state index contributed by atoms with van der Waals surface area (Å²) in [6, 6.07) is 8.33. The van der Waals surface area contributed by atoms with Gasteiger partial charge in [0.1, 0.15) is 0 Å². The lowest BCUT2D eigenvalue weighted by molar-refractivity contribution is -0.188. The van der Waals surface area contributed by atoms with Crippen LogP contribution < -0.4 is 0 Å². The van der Waals surface area contributed by atoms with Crippen molar-refractivity contribution in [2.45, 2.75) is 12.3 Å². The number of likely N-dealkylation sites (tertiary alicyclic amines) is 1. The quantitative estimate of drug-likeness (QED) is 0.917. The van der Waals surface area contributed by atoms with Gasteiger partial charge in [0.05, 0.1) is 11.8 Å². The third kappa shape index (κ3) is 3.64. The Hall–Kier alpha value is -2.09. The van der Waals surface area contributed by atoms with Crippen LogP contribution in [0.1, 0.15) is 11.7 Å². The zero-order valence-corrected chi connectivity index (χ0v) is 12.3. The lowest BCUT2D eigenvalue weighted by atomic mass is 9.96. The molecule has 1 aromatic carbocycles. The molecule has 126 valence electrons. The van der Waals surface area contributed by atoms with Crippen LogP contribution in [-0.2, 0) is 14.3 Å². The lowest BCUT2D eigenvalue weighted by Crippen LogP contribution is -2.36. The number of carboxylic acid groups (broad SMARTS) is 1. The van der Waals surface area contributed by atoms with Gasteiger partial charge in [-0.3, -0.25) is 9.59 Å². The zero-order valence-electron chi connectivity index (χ0n) is 12.3. The van der Waals surface area contributed by atoms with E-state index < -0.39 is 49.1 Å². The lowest BCUT2D eigenvalue weighted by Gasteiger charge is -2.23. The predicted octanol–water partition coefficient (Wildman–Crippen LogP) is 2.10. The Morgan fingerprint density at radius 3 is 2.30 bits per heavy atom. The van der Waals surface area contributed by atoms with E-state index in [2.05, 4.69) is 0 Å². The van der Waals surface area contributed by atoms with E-state index in [1.54, 1.807) is 30.3 Å². The molecule has 2 rings (SSSR count). The highest BCUT2D eigenvalue weighted by atomic mass is 19.4. The Kier molecular flexibility index (Phi) is 4.93. The molecule has 0 aliphatic carbocycles. The van der Waals surface area contributed by atoms with Crippen molar-refractivity contribution in [3.05, 3.63) is 35.9 Å². The van der Waals surface area contributed by atoms with E-state index in [9.17, 15) is 22.8 Å². The number of amides is 1. The number of hydrogen-bond donors (Lipinski definition) is 1. The smallest absolute Gasteiger partial charge is 0.394 e. The number of benzene rings is 1. The third-order valence-electron chi connectivity index (χ3n) is 3.93. The number of rotatable bonds is 4. The summed E-state index contributed by atoms with van der Waals surface area (Å²) in [7, 11) is 1.28. The number of hydrogen-bond acceptors (Lipinski definition) is 3. The maximum absolute atomic E-state index is 13.0. The molecule has 1 saturated heterocycles. The van der Waals surface area contributed by atoms with Crippen LogP contribution in [0, 0.1) is 11.8 Å². The normalized spacial score (nSPS) is 22.9. The summed E-state index contributed by atoms with van der Waals surface area (Å²) in [4.78, 5) is 24.4. The average Bonchev–Trinajstić information content (AvgIpc) is 2.94. The molecule has 1 amide bonds. The first-order valence-electron chi connectivity index (χ1n) is 6.91. The van der Waals surface area contributed by atoms with Gasteiger partial charge >= 0.3 is 12.1 Å². The Morgan fingerprint density at radius 2 is 1.87 bits per heavy atom. The molecule has 1 heterocycles. The molecule has 1 aliphatic rings. The van der Waals surface area contributed by atoms with E-state index in [4.69, 9.17) is 9.84 Å². The largest absolute Gasteiger partial charge is 0.481 e. The molecule has 0 aromatic heterocycles. The fraction of sp³-hybridized carbons (Fsp3) is 0.467. The van der Waals surface area contributed by atoms with Gasteiger partial charge in [-0.1, -0.05) is 30.3 Å². The van der Waals surface area contributed by atoms with Gasteiger partial charge in [-0.2, -0.15) is 13.2 Å². The summed E-state index contributed by atoms with van der Waals surface area (Å²) >= 11 is 0. The molecule has 0 bridgehead atoms. The molecule has 0 saturated carbocycles. The summed E-state index contributed by atoms with van der Waals surface area (Å²) in [5.41, 5.74) is 0.502. The number of nitrogens with zero attached hydrogens (tertiary/aromatic N) is 1. The minimum atomic E-state index is -4.67. The Morgan fingerprint density at radius 1 is 1.26 bits per heavy atom. The summed E-state index contributed by atoms with van der Waals surface area (Å²) in [6.45, 7) is -1.16. The van der Waals surface area contributed by atoms with Crippen LogP contribution >= 0.6 is 0 Å². The number of carbonyl (C=O) groups excluding carboxylic acids is 1. The molecule has 1 fully saturated rings. The van der Waals surface area contributed by atoms with Crippen LogP contribution in [0.15, 0.2) is 30.3 Å². The second kappa shape index (κ2) is 6.57. The molecule has 0 spiro atoms. The zero-order chi connectivity index (χ0) is 17.2. The Bertz CT molecular complexity index is 576. The van der Waals surface area contributed by atoms with Gasteiger partial charge in [0.15, 0.2) is 6.10 Å². The van der Waals surface area contributed by atoms with Crippen molar-refractivity contribution in [3.63, 3.8) is 0 Å². The predicted molar refractivity (Wildman–Crippen MR) is 73.4 cm³/mol. The van der Waals surface area contributed by atoms with Crippen molar-refractivity contribution < 1.29 is 32.6 Å². The molecule has 1 aromatic rings. The average molecular weight is 331 g/mol. The summed E-state index contributed by atoms with van der Waals surface area (Å²) in [6.07, 6.45) is -5.73. The van der Waals surface area contributed by atoms with Gasteiger partial charge in [-0.15, -0.1) is 0 Å². The fourth-order valence-electron chi connectivity index (χ4n) is 2.74. The van der Waals surface area contributed by atoms with E-state index in [0.29, 0.717) is 5.56 Å². The van der Waals surface area contributed by atoms with E-state index in [0.717, 1.165) is 4.90 Å². The number of alkyl halides is 3. The molecule has 1 N–H and O–H groups in total. The van der Waals surface area contributed by atoms with Gasteiger partial charge in [0.2, 0.25) is 0 Å². The SMILES string of the molecule is CO[C@@H](C(=O)N1C[C@@H](C(F)(F)F)[C@H](C(=O)O)C1)c1ccccc1. The van der Waals surface area contributed by atoms with Crippen LogP contribution in [0.3, 0.4) is 0 Å². The van der Waals surface area contributed by atoms with Crippen LogP contribution in [0.5, 0.6) is 0 Å². The molecule has 23 heavy (non-hydrogen) atoms. The van der Waals surface area contributed by atoms with Crippen molar-refractivity contribution in [1.82, 2.24) is 4.90 Å². The summed E-state index contributed by atoms with van der Waals surface area (Å²) in [5, 5.41) is 8.99. The number of carboxylic acids is 1. The minimum absolute atomic E-state index is 0.481. The van der Waals surface area contributed by atoms with E-state index in [1.165, 1.54) is 7.11 Å². The minimum Gasteiger partial charge on any atom is -0.481 e. The van der Waals surface area contributed by atoms with Crippen LogP contribution in [0.2, 0.25) is 0 Å². The topological polar surface area (TPSA) is 66.8 Å². The highest BCUT2D eigenvalue weighted by Crippen LogP contribution is 2.38. The second-order valence-corrected chi connectivity index (χ2v) is 5.36. The Labute approximate surface area is 130 Å². The molecule has 1 aliphatic heterocycles. The van der Waals surface area contributed by atoms with Gasteiger partial charge in [0.25, 0.3) is 5.91 Å². The number of ether oxygens (including phenoxy) is 1. The standard InChI is InChI=1S/C15H16F3NO4/c1-23-12(9-5-3-2-4-6-9)13(20)19-7-10(14(21)22)11(8-19)15(16,17)18/h2-6,10-12H,7-8H2,1H3,(H,21,22)/t10-,11-,12-/m1/s1. The number of carbonyl (C=O) groups is 2.